The topological polar surface area (TPSA) is 24.7 Å². The second kappa shape index (κ2) is 5.96. The Bertz CT molecular complexity index is 163. The Morgan fingerprint density at radius 3 is 2.17 bits per heavy atom. The number of hydrogen-bond acceptors (Lipinski definition) is 2. The lowest BCUT2D eigenvalue weighted by molar-refractivity contribution is 0.443. The molecule has 2 nitrogen and oxygen atoms in total. The van der Waals surface area contributed by atoms with Crippen molar-refractivity contribution in [1.82, 2.24) is 0 Å². The molecule has 0 aliphatic heterocycles. The van der Waals surface area contributed by atoms with Crippen LogP contribution < -0.4 is 0 Å². The van der Waals surface area contributed by atoms with Crippen molar-refractivity contribution >= 4 is 6.01 Å². The second-order valence-electron chi connectivity index (χ2n) is 3.30. The summed E-state index contributed by atoms with van der Waals surface area (Å²) in [4.78, 5) is 8.37. The molecular weight excluding hydrogens is 148 g/mol. The summed E-state index contributed by atoms with van der Waals surface area (Å²) in [6.45, 7) is 9.38. The van der Waals surface area contributed by atoms with Gasteiger partial charge in [-0.15, -0.1) is 0 Å². The highest BCUT2D eigenvalue weighted by molar-refractivity contribution is 5.42. The first-order valence-electron chi connectivity index (χ1n) is 4.82. The van der Waals surface area contributed by atoms with Crippen molar-refractivity contribution in [2.75, 3.05) is 6.54 Å². The van der Waals surface area contributed by atoms with E-state index in [4.69, 9.17) is 0 Å². The Morgan fingerprint density at radius 1 is 1.17 bits per heavy atom. The molecule has 0 spiro atoms. The summed E-state index contributed by atoms with van der Waals surface area (Å²) in [6.07, 6.45) is 3.17. The van der Waals surface area contributed by atoms with E-state index in [2.05, 4.69) is 43.7 Å². The lowest BCUT2D eigenvalue weighted by atomic mass is 9.97. The average molecular weight is 168 g/mol. The predicted octanol–water partition coefficient (Wildman–Crippen LogP) is 3.15. The summed E-state index contributed by atoms with van der Waals surface area (Å²) in [5.41, 5.74) is 0.0528. The molecule has 0 unspecified atom stereocenters. The molecule has 0 fully saturated rings. The molecule has 2 heteroatoms. The van der Waals surface area contributed by atoms with Gasteiger partial charge in [-0.25, -0.2) is 9.98 Å². The highest BCUT2D eigenvalue weighted by Crippen LogP contribution is 2.17. The Hall–Kier alpha value is -0.620. The molecule has 0 saturated carbocycles. The van der Waals surface area contributed by atoms with E-state index in [1.807, 2.05) is 0 Å². The van der Waals surface area contributed by atoms with Gasteiger partial charge in [-0.3, -0.25) is 0 Å². The Labute approximate surface area is 75.8 Å². The first kappa shape index (κ1) is 11.4. The third-order valence-electron chi connectivity index (χ3n) is 2.25. The SMILES string of the molecule is CCCN=C=NC(C)(CC)CC. The summed E-state index contributed by atoms with van der Waals surface area (Å²) in [5, 5.41) is 0. The van der Waals surface area contributed by atoms with Crippen molar-refractivity contribution in [3.05, 3.63) is 0 Å². The van der Waals surface area contributed by atoms with Crippen LogP contribution in [0.3, 0.4) is 0 Å². The van der Waals surface area contributed by atoms with Crippen LogP contribution >= 0.6 is 0 Å². The van der Waals surface area contributed by atoms with Crippen LogP contribution in [0.15, 0.2) is 9.98 Å². The molecule has 0 rings (SSSR count). The molecule has 0 saturated heterocycles. The van der Waals surface area contributed by atoms with Gasteiger partial charge in [-0.2, -0.15) is 0 Å². The maximum atomic E-state index is 4.31. The van der Waals surface area contributed by atoms with E-state index in [-0.39, 0.29) is 5.54 Å². The van der Waals surface area contributed by atoms with Crippen molar-refractivity contribution in [3.8, 4) is 0 Å². The van der Waals surface area contributed by atoms with E-state index in [9.17, 15) is 0 Å². The van der Waals surface area contributed by atoms with Crippen molar-refractivity contribution in [2.24, 2.45) is 9.98 Å². The largest absolute Gasteiger partial charge is 0.226 e. The number of aliphatic imine (C=N–C) groups is 2. The van der Waals surface area contributed by atoms with Crippen molar-refractivity contribution in [1.29, 1.82) is 0 Å². The van der Waals surface area contributed by atoms with Crippen LogP contribution in [0.25, 0.3) is 0 Å². The van der Waals surface area contributed by atoms with E-state index >= 15 is 0 Å². The molecule has 0 amide bonds. The molecule has 0 radical (unpaired) electrons. The number of hydrogen-bond donors (Lipinski definition) is 0. The Morgan fingerprint density at radius 2 is 1.75 bits per heavy atom. The molecule has 0 aliphatic carbocycles. The molecule has 70 valence electrons. The maximum Gasteiger partial charge on any atom is 0.0898 e. The molecule has 0 heterocycles. The Kier molecular flexibility index (Phi) is 5.65. The summed E-state index contributed by atoms with van der Waals surface area (Å²) in [7, 11) is 0. The highest BCUT2D eigenvalue weighted by Gasteiger charge is 2.16. The molecular formula is C10H20N2. The van der Waals surface area contributed by atoms with Crippen LogP contribution in [0, 0.1) is 0 Å². The van der Waals surface area contributed by atoms with Gasteiger partial charge < -0.3 is 0 Å². The predicted molar refractivity (Wildman–Crippen MR) is 54.0 cm³/mol. The summed E-state index contributed by atoms with van der Waals surface area (Å²) in [6, 6.07) is 2.78. The van der Waals surface area contributed by atoms with Crippen LogP contribution in [0.5, 0.6) is 0 Å². The minimum atomic E-state index is 0.0528. The molecule has 0 aromatic rings. The van der Waals surface area contributed by atoms with Crippen molar-refractivity contribution < 1.29 is 0 Å². The first-order chi connectivity index (χ1) is 5.68. The molecule has 0 aliphatic rings. The van der Waals surface area contributed by atoms with Gasteiger partial charge in [-0.05, 0) is 26.2 Å². The highest BCUT2D eigenvalue weighted by atomic mass is 14.9. The van der Waals surface area contributed by atoms with Gasteiger partial charge in [0.1, 0.15) is 0 Å². The van der Waals surface area contributed by atoms with Crippen LogP contribution in [-0.4, -0.2) is 18.1 Å². The fourth-order valence-corrected chi connectivity index (χ4v) is 0.726. The van der Waals surface area contributed by atoms with Gasteiger partial charge in [0.2, 0.25) is 0 Å². The zero-order chi connectivity index (χ0) is 9.45. The smallest absolute Gasteiger partial charge is 0.0898 e. The lowest BCUT2D eigenvalue weighted by Gasteiger charge is -2.18. The monoisotopic (exact) mass is 168 g/mol. The molecule has 0 aromatic heterocycles. The molecule has 0 N–H and O–H groups in total. The average Bonchev–Trinajstić information content (AvgIpc) is 2.12. The van der Waals surface area contributed by atoms with Gasteiger partial charge in [0.25, 0.3) is 0 Å². The Balaban J connectivity index is 4.09. The zero-order valence-electron chi connectivity index (χ0n) is 8.72. The van der Waals surface area contributed by atoms with E-state index < -0.39 is 0 Å². The number of nitrogens with zero attached hydrogens (tertiary/aromatic N) is 2. The molecule has 0 bridgehead atoms. The number of rotatable bonds is 5. The third-order valence-corrected chi connectivity index (χ3v) is 2.25. The molecule has 0 aromatic carbocycles. The molecule has 0 atom stereocenters. The summed E-state index contributed by atoms with van der Waals surface area (Å²) in [5.74, 6) is 0. The van der Waals surface area contributed by atoms with Gasteiger partial charge in [0, 0.05) is 6.54 Å². The second-order valence-corrected chi connectivity index (χ2v) is 3.30. The maximum absolute atomic E-state index is 4.31. The fourth-order valence-electron chi connectivity index (χ4n) is 0.726. The van der Waals surface area contributed by atoms with E-state index in [1.165, 1.54) is 0 Å². The fraction of sp³-hybridized carbons (Fsp3) is 0.900. The van der Waals surface area contributed by atoms with Gasteiger partial charge in [0.15, 0.2) is 0 Å². The normalized spacial score (nSPS) is 10.7. The first-order valence-corrected chi connectivity index (χ1v) is 4.82. The third kappa shape index (κ3) is 4.30. The van der Waals surface area contributed by atoms with Crippen molar-refractivity contribution in [2.45, 2.75) is 52.5 Å². The van der Waals surface area contributed by atoms with Gasteiger partial charge >= 0.3 is 0 Å². The van der Waals surface area contributed by atoms with Gasteiger partial charge in [-0.1, -0.05) is 20.8 Å². The quantitative estimate of drug-likeness (QED) is 0.563. The van der Waals surface area contributed by atoms with Crippen LogP contribution in [0.2, 0.25) is 0 Å². The van der Waals surface area contributed by atoms with Gasteiger partial charge in [0.05, 0.1) is 11.5 Å². The molecule has 12 heavy (non-hydrogen) atoms. The minimum Gasteiger partial charge on any atom is -0.226 e. The zero-order valence-corrected chi connectivity index (χ0v) is 8.72. The van der Waals surface area contributed by atoms with Crippen LogP contribution in [0.1, 0.15) is 47.0 Å². The summed E-state index contributed by atoms with van der Waals surface area (Å²) < 4.78 is 0. The summed E-state index contributed by atoms with van der Waals surface area (Å²) >= 11 is 0. The minimum absolute atomic E-state index is 0.0528. The standard InChI is InChI=1S/C10H20N2/c1-5-8-11-9-12-10(4,6-2)7-3/h5-8H2,1-4H3. The van der Waals surface area contributed by atoms with Crippen LogP contribution in [0.4, 0.5) is 0 Å². The lowest BCUT2D eigenvalue weighted by Crippen LogP contribution is -2.18. The van der Waals surface area contributed by atoms with E-state index in [0.29, 0.717) is 0 Å². The van der Waals surface area contributed by atoms with E-state index in [0.717, 1.165) is 25.8 Å². The van der Waals surface area contributed by atoms with Crippen molar-refractivity contribution in [3.63, 3.8) is 0 Å². The van der Waals surface area contributed by atoms with E-state index in [1.54, 1.807) is 0 Å². The van der Waals surface area contributed by atoms with Crippen LogP contribution in [-0.2, 0) is 0 Å².